The summed E-state index contributed by atoms with van der Waals surface area (Å²) in [5.74, 6) is 0. The number of aryl methyl sites for hydroxylation is 2. The molecular weight excluding hydrogens is 266 g/mol. The van der Waals surface area contributed by atoms with Crippen molar-refractivity contribution < 1.29 is 0 Å². The predicted octanol–water partition coefficient (Wildman–Crippen LogP) is 6.17. The van der Waals surface area contributed by atoms with E-state index in [0.717, 1.165) is 12.1 Å². The molecule has 0 aliphatic heterocycles. The first kappa shape index (κ1) is 18.5. The average Bonchev–Trinajstić information content (AvgIpc) is 2.51. The van der Waals surface area contributed by atoms with Crippen LogP contribution in [-0.4, -0.2) is 6.04 Å². The van der Waals surface area contributed by atoms with Gasteiger partial charge in [-0.15, -0.1) is 0 Å². The van der Waals surface area contributed by atoms with Gasteiger partial charge in [0.15, 0.2) is 0 Å². The second-order valence-electron chi connectivity index (χ2n) is 6.32. The van der Waals surface area contributed by atoms with Gasteiger partial charge in [-0.25, -0.2) is 0 Å². The van der Waals surface area contributed by atoms with Gasteiger partial charge in [-0.3, -0.25) is 0 Å². The number of unbranched alkanes of at least 4 members (excludes halogenated alkanes) is 3. The lowest BCUT2D eigenvalue weighted by Gasteiger charge is -2.18. The highest BCUT2D eigenvalue weighted by Crippen LogP contribution is 2.14. The third kappa shape index (κ3) is 6.98. The van der Waals surface area contributed by atoms with Crippen molar-refractivity contribution in [3.8, 4) is 0 Å². The minimum absolute atomic E-state index is 0.549. The molecule has 0 amide bonds. The lowest BCUT2D eigenvalue weighted by atomic mass is 10.0. The van der Waals surface area contributed by atoms with E-state index in [2.05, 4.69) is 69.9 Å². The van der Waals surface area contributed by atoms with Gasteiger partial charge >= 0.3 is 0 Å². The maximum Gasteiger partial charge on any atom is 0.0269 e. The molecule has 0 aromatic heterocycles. The van der Waals surface area contributed by atoms with Crippen molar-refractivity contribution in [2.45, 2.75) is 72.3 Å². The Kier molecular flexibility index (Phi) is 8.65. The Morgan fingerprint density at radius 2 is 1.95 bits per heavy atom. The van der Waals surface area contributed by atoms with Crippen LogP contribution in [0.3, 0.4) is 0 Å². The predicted molar refractivity (Wildman–Crippen MR) is 100 cm³/mol. The van der Waals surface area contributed by atoms with Crippen LogP contribution in [0.25, 0.3) is 6.08 Å². The Morgan fingerprint density at radius 3 is 2.64 bits per heavy atom. The zero-order chi connectivity index (χ0) is 16.4. The van der Waals surface area contributed by atoms with Crippen molar-refractivity contribution in [1.29, 1.82) is 0 Å². The van der Waals surface area contributed by atoms with Gasteiger partial charge in [0.05, 0.1) is 0 Å². The molecule has 1 aromatic rings. The third-order valence-corrected chi connectivity index (χ3v) is 4.19. The van der Waals surface area contributed by atoms with Crippen LogP contribution in [0.15, 0.2) is 36.6 Å². The molecule has 0 bridgehead atoms. The molecule has 0 spiro atoms. The number of allylic oxidation sites excluding steroid dienone is 1. The van der Waals surface area contributed by atoms with Crippen LogP contribution < -0.4 is 5.32 Å². The fourth-order valence-corrected chi connectivity index (χ4v) is 2.64. The van der Waals surface area contributed by atoms with Crippen LogP contribution in [0.5, 0.6) is 0 Å². The molecule has 22 heavy (non-hydrogen) atoms. The van der Waals surface area contributed by atoms with E-state index in [1.165, 1.54) is 48.8 Å². The van der Waals surface area contributed by atoms with Gasteiger partial charge in [0, 0.05) is 11.7 Å². The van der Waals surface area contributed by atoms with Crippen molar-refractivity contribution in [3.05, 3.63) is 53.2 Å². The summed E-state index contributed by atoms with van der Waals surface area (Å²) in [5.41, 5.74) is 4.90. The van der Waals surface area contributed by atoms with Crippen molar-refractivity contribution in [3.63, 3.8) is 0 Å². The molecule has 0 heterocycles. The quantitative estimate of drug-likeness (QED) is 0.402. The molecule has 0 saturated carbocycles. The average molecular weight is 300 g/mol. The van der Waals surface area contributed by atoms with Crippen molar-refractivity contribution in [2.75, 3.05) is 0 Å². The van der Waals surface area contributed by atoms with Gasteiger partial charge in [0.1, 0.15) is 0 Å². The molecular formula is C21H33N. The highest BCUT2D eigenvalue weighted by Gasteiger charge is 2.05. The summed E-state index contributed by atoms with van der Waals surface area (Å²) in [6, 6.07) is 7.10. The standard InChI is InChI=1S/C21H33N/c1-6-8-9-10-11-21(7-2)22-19(5)14-15-20-16-17(3)12-13-18(20)4/h12-16,21-22H,5-11H2,1-4H3/b15-14+. The third-order valence-electron chi connectivity index (χ3n) is 4.19. The van der Waals surface area contributed by atoms with Crippen LogP contribution in [-0.2, 0) is 0 Å². The largest absolute Gasteiger partial charge is 0.383 e. The SMILES string of the molecule is C=C(/C=C/c1cc(C)ccc1C)NC(CC)CCCCCC. The lowest BCUT2D eigenvalue weighted by Crippen LogP contribution is -2.26. The zero-order valence-electron chi connectivity index (χ0n) is 14.9. The Hall–Kier alpha value is -1.50. The Balaban J connectivity index is 2.49. The molecule has 1 unspecified atom stereocenters. The number of rotatable bonds is 10. The van der Waals surface area contributed by atoms with Crippen LogP contribution in [0.2, 0.25) is 0 Å². The van der Waals surface area contributed by atoms with Crippen molar-refractivity contribution >= 4 is 6.08 Å². The smallest absolute Gasteiger partial charge is 0.0269 e. The minimum atomic E-state index is 0.549. The van der Waals surface area contributed by atoms with Crippen LogP contribution in [0.4, 0.5) is 0 Å². The number of benzene rings is 1. The van der Waals surface area contributed by atoms with E-state index in [-0.39, 0.29) is 0 Å². The molecule has 0 aliphatic rings. The molecule has 1 N–H and O–H groups in total. The summed E-state index contributed by atoms with van der Waals surface area (Å²) < 4.78 is 0. The first-order valence-electron chi connectivity index (χ1n) is 8.77. The first-order valence-corrected chi connectivity index (χ1v) is 8.77. The van der Waals surface area contributed by atoms with E-state index in [4.69, 9.17) is 0 Å². The number of nitrogens with one attached hydrogen (secondary N) is 1. The fourth-order valence-electron chi connectivity index (χ4n) is 2.64. The van der Waals surface area contributed by atoms with Gasteiger partial charge in [0.2, 0.25) is 0 Å². The molecule has 0 radical (unpaired) electrons. The van der Waals surface area contributed by atoms with E-state index < -0.39 is 0 Å². The number of hydrogen-bond acceptors (Lipinski definition) is 1. The Bertz CT molecular complexity index is 485. The highest BCUT2D eigenvalue weighted by atomic mass is 14.9. The molecule has 1 heteroatoms. The van der Waals surface area contributed by atoms with E-state index >= 15 is 0 Å². The maximum atomic E-state index is 4.16. The fraction of sp³-hybridized carbons (Fsp3) is 0.524. The minimum Gasteiger partial charge on any atom is -0.383 e. The molecule has 0 saturated heterocycles. The second kappa shape index (κ2) is 10.3. The summed E-state index contributed by atoms with van der Waals surface area (Å²) >= 11 is 0. The van der Waals surface area contributed by atoms with Gasteiger partial charge in [0.25, 0.3) is 0 Å². The molecule has 122 valence electrons. The van der Waals surface area contributed by atoms with Crippen molar-refractivity contribution in [1.82, 2.24) is 5.32 Å². The summed E-state index contributed by atoms with van der Waals surface area (Å²) in [6.45, 7) is 12.9. The summed E-state index contributed by atoms with van der Waals surface area (Å²) in [5, 5.41) is 3.57. The molecule has 1 rings (SSSR count). The van der Waals surface area contributed by atoms with E-state index in [1.807, 2.05) is 0 Å². The molecule has 0 aliphatic carbocycles. The van der Waals surface area contributed by atoms with Crippen LogP contribution in [0, 0.1) is 13.8 Å². The van der Waals surface area contributed by atoms with Crippen LogP contribution in [0.1, 0.15) is 69.1 Å². The molecule has 0 fully saturated rings. The van der Waals surface area contributed by atoms with Crippen molar-refractivity contribution in [2.24, 2.45) is 0 Å². The molecule has 1 atom stereocenters. The van der Waals surface area contributed by atoms with Gasteiger partial charge in [-0.1, -0.05) is 75.9 Å². The van der Waals surface area contributed by atoms with Gasteiger partial charge < -0.3 is 5.32 Å². The zero-order valence-corrected chi connectivity index (χ0v) is 14.9. The summed E-state index contributed by atoms with van der Waals surface area (Å²) in [7, 11) is 0. The Morgan fingerprint density at radius 1 is 1.18 bits per heavy atom. The summed E-state index contributed by atoms with van der Waals surface area (Å²) in [4.78, 5) is 0. The van der Waals surface area contributed by atoms with Crippen LogP contribution >= 0.6 is 0 Å². The first-order chi connectivity index (χ1) is 10.6. The van der Waals surface area contributed by atoms with E-state index in [0.29, 0.717) is 6.04 Å². The Labute approximate surface area is 137 Å². The highest BCUT2D eigenvalue weighted by molar-refractivity contribution is 5.56. The second-order valence-corrected chi connectivity index (χ2v) is 6.32. The molecule has 1 aromatic carbocycles. The summed E-state index contributed by atoms with van der Waals surface area (Å²) in [6.07, 6.45) is 12.0. The normalized spacial score (nSPS) is 12.5. The molecule has 1 nitrogen and oxygen atoms in total. The maximum absolute atomic E-state index is 4.16. The van der Waals surface area contributed by atoms with Gasteiger partial charge in [-0.2, -0.15) is 0 Å². The van der Waals surface area contributed by atoms with Gasteiger partial charge in [-0.05, 0) is 43.9 Å². The topological polar surface area (TPSA) is 12.0 Å². The van der Waals surface area contributed by atoms with E-state index in [9.17, 15) is 0 Å². The lowest BCUT2D eigenvalue weighted by molar-refractivity contribution is 0.483. The van der Waals surface area contributed by atoms with E-state index in [1.54, 1.807) is 0 Å². The monoisotopic (exact) mass is 299 g/mol. The number of hydrogen-bond donors (Lipinski definition) is 1.